The number of benzene rings is 2. The van der Waals surface area contributed by atoms with Gasteiger partial charge in [0.15, 0.2) is 5.13 Å². The summed E-state index contributed by atoms with van der Waals surface area (Å²) in [6.45, 7) is 2.37. The fourth-order valence-corrected chi connectivity index (χ4v) is 3.13. The minimum atomic E-state index is -0.174. The SMILES string of the molecule is Cc1ccc2nc(NC(=O)c3ccccc3CN)sc2c1. The highest BCUT2D eigenvalue weighted by molar-refractivity contribution is 7.22. The zero-order valence-electron chi connectivity index (χ0n) is 11.6. The van der Waals surface area contributed by atoms with Gasteiger partial charge >= 0.3 is 0 Å². The lowest BCUT2D eigenvalue weighted by atomic mass is 10.1. The average molecular weight is 297 g/mol. The van der Waals surface area contributed by atoms with E-state index in [2.05, 4.69) is 16.4 Å². The van der Waals surface area contributed by atoms with Gasteiger partial charge in [0, 0.05) is 12.1 Å². The average Bonchev–Trinajstić information content (AvgIpc) is 2.88. The Hall–Kier alpha value is -2.24. The van der Waals surface area contributed by atoms with Gasteiger partial charge in [-0.25, -0.2) is 4.98 Å². The molecule has 0 aliphatic carbocycles. The molecule has 0 saturated carbocycles. The molecule has 0 fully saturated rings. The number of aryl methyl sites for hydroxylation is 1. The molecule has 3 aromatic rings. The standard InChI is InChI=1S/C16H15N3OS/c1-10-6-7-13-14(8-10)21-16(18-13)19-15(20)12-5-3-2-4-11(12)9-17/h2-8H,9,17H2,1H3,(H,18,19,20). The van der Waals surface area contributed by atoms with E-state index in [9.17, 15) is 4.79 Å². The van der Waals surface area contributed by atoms with Crippen LogP contribution in [0.25, 0.3) is 10.2 Å². The third-order valence-corrected chi connectivity index (χ3v) is 4.18. The minimum absolute atomic E-state index is 0.174. The van der Waals surface area contributed by atoms with Crippen molar-refractivity contribution in [3.05, 3.63) is 59.2 Å². The van der Waals surface area contributed by atoms with Gasteiger partial charge in [-0.1, -0.05) is 35.6 Å². The van der Waals surface area contributed by atoms with E-state index < -0.39 is 0 Å². The van der Waals surface area contributed by atoms with Crippen molar-refractivity contribution in [3.8, 4) is 0 Å². The Bertz CT molecular complexity index is 810. The van der Waals surface area contributed by atoms with E-state index in [4.69, 9.17) is 5.73 Å². The molecule has 2 aromatic carbocycles. The summed E-state index contributed by atoms with van der Waals surface area (Å²) in [6, 6.07) is 13.4. The molecule has 3 rings (SSSR count). The smallest absolute Gasteiger partial charge is 0.257 e. The second-order valence-electron chi connectivity index (χ2n) is 4.81. The van der Waals surface area contributed by atoms with Crippen molar-refractivity contribution in [2.45, 2.75) is 13.5 Å². The number of nitrogens with zero attached hydrogens (tertiary/aromatic N) is 1. The number of anilines is 1. The number of carbonyl (C=O) groups excluding carboxylic acids is 1. The lowest BCUT2D eigenvalue weighted by molar-refractivity contribution is 0.102. The molecule has 106 valence electrons. The molecule has 21 heavy (non-hydrogen) atoms. The van der Waals surface area contributed by atoms with Gasteiger partial charge < -0.3 is 5.73 Å². The predicted molar refractivity (Wildman–Crippen MR) is 86.6 cm³/mol. The molecule has 0 saturated heterocycles. The molecule has 0 unspecified atom stereocenters. The number of fused-ring (bicyclic) bond motifs is 1. The van der Waals surface area contributed by atoms with Crippen LogP contribution in [0.4, 0.5) is 5.13 Å². The number of carbonyl (C=O) groups is 1. The number of nitrogens with two attached hydrogens (primary N) is 1. The number of amides is 1. The predicted octanol–water partition coefficient (Wildman–Crippen LogP) is 3.32. The van der Waals surface area contributed by atoms with E-state index in [1.807, 2.05) is 37.3 Å². The first-order chi connectivity index (χ1) is 10.2. The van der Waals surface area contributed by atoms with Crippen LogP contribution in [0.1, 0.15) is 21.5 Å². The van der Waals surface area contributed by atoms with Crippen LogP contribution >= 0.6 is 11.3 Å². The van der Waals surface area contributed by atoms with Gasteiger partial charge in [-0.15, -0.1) is 0 Å². The lowest BCUT2D eigenvalue weighted by Gasteiger charge is -2.06. The first kappa shape index (κ1) is 13.7. The van der Waals surface area contributed by atoms with Gasteiger partial charge in [0.25, 0.3) is 5.91 Å². The second-order valence-corrected chi connectivity index (χ2v) is 5.84. The van der Waals surface area contributed by atoms with Crippen LogP contribution in [0.5, 0.6) is 0 Å². The molecular formula is C16H15N3OS. The van der Waals surface area contributed by atoms with Crippen LogP contribution in [-0.4, -0.2) is 10.9 Å². The number of nitrogens with one attached hydrogen (secondary N) is 1. The summed E-state index contributed by atoms with van der Waals surface area (Å²) in [5, 5.41) is 3.46. The molecule has 0 atom stereocenters. The van der Waals surface area contributed by atoms with Crippen molar-refractivity contribution < 1.29 is 4.79 Å². The van der Waals surface area contributed by atoms with E-state index in [0.717, 1.165) is 15.8 Å². The van der Waals surface area contributed by atoms with Crippen LogP contribution in [0.15, 0.2) is 42.5 Å². The maximum Gasteiger partial charge on any atom is 0.257 e. The zero-order valence-corrected chi connectivity index (χ0v) is 12.4. The van der Waals surface area contributed by atoms with E-state index >= 15 is 0 Å². The summed E-state index contributed by atoms with van der Waals surface area (Å²) in [5.41, 5.74) is 9.16. The summed E-state index contributed by atoms with van der Waals surface area (Å²) < 4.78 is 1.07. The number of aromatic nitrogens is 1. The normalized spacial score (nSPS) is 10.8. The monoisotopic (exact) mass is 297 g/mol. The molecule has 0 radical (unpaired) electrons. The fourth-order valence-electron chi connectivity index (χ4n) is 2.17. The van der Waals surface area contributed by atoms with E-state index in [1.165, 1.54) is 16.9 Å². The van der Waals surface area contributed by atoms with Gasteiger partial charge in [0.05, 0.1) is 10.2 Å². The number of rotatable bonds is 3. The first-order valence-electron chi connectivity index (χ1n) is 6.64. The molecule has 1 aromatic heterocycles. The summed E-state index contributed by atoms with van der Waals surface area (Å²) in [6.07, 6.45) is 0. The zero-order chi connectivity index (χ0) is 14.8. The Kier molecular flexibility index (Phi) is 3.68. The summed E-state index contributed by atoms with van der Waals surface area (Å²) >= 11 is 1.47. The van der Waals surface area contributed by atoms with Crippen LogP contribution < -0.4 is 11.1 Å². The van der Waals surface area contributed by atoms with Gasteiger partial charge in [-0.05, 0) is 36.2 Å². The third-order valence-electron chi connectivity index (χ3n) is 3.25. The van der Waals surface area contributed by atoms with Crippen LogP contribution in [0, 0.1) is 6.92 Å². The molecule has 0 bridgehead atoms. The Morgan fingerprint density at radius 2 is 2.10 bits per heavy atom. The molecule has 5 heteroatoms. The molecule has 4 nitrogen and oxygen atoms in total. The van der Waals surface area contributed by atoms with Crippen molar-refractivity contribution in [1.82, 2.24) is 4.98 Å². The highest BCUT2D eigenvalue weighted by Gasteiger charge is 2.12. The minimum Gasteiger partial charge on any atom is -0.326 e. The van der Waals surface area contributed by atoms with Gasteiger partial charge in [0.1, 0.15) is 0 Å². The molecule has 0 aliphatic heterocycles. The number of thiazole rings is 1. The van der Waals surface area contributed by atoms with Crippen molar-refractivity contribution in [3.63, 3.8) is 0 Å². The topological polar surface area (TPSA) is 68.0 Å². The van der Waals surface area contributed by atoms with Crippen LogP contribution in [0.3, 0.4) is 0 Å². The highest BCUT2D eigenvalue weighted by atomic mass is 32.1. The molecule has 3 N–H and O–H groups in total. The highest BCUT2D eigenvalue weighted by Crippen LogP contribution is 2.27. The molecule has 1 amide bonds. The number of hydrogen-bond acceptors (Lipinski definition) is 4. The number of hydrogen-bond donors (Lipinski definition) is 2. The van der Waals surface area contributed by atoms with Crippen LogP contribution in [0.2, 0.25) is 0 Å². The van der Waals surface area contributed by atoms with E-state index in [-0.39, 0.29) is 5.91 Å². The quantitative estimate of drug-likeness (QED) is 0.779. The molecule has 1 heterocycles. The van der Waals surface area contributed by atoms with Crippen LogP contribution in [-0.2, 0) is 6.54 Å². The third kappa shape index (κ3) is 2.79. The fraction of sp³-hybridized carbons (Fsp3) is 0.125. The van der Waals surface area contributed by atoms with Gasteiger partial charge in [-0.3, -0.25) is 10.1 Å². The second kappa shape index (κ2) is 5.63. The Labute approximate surface area is 126 Å². The van der Waals surface area contributed by atoms with Crippen molar-refractivity contribution in [2.75, 3.05) is 5.32 Å². The van der Waals surface area contributed by atoms with Gasteiger partial charge in [-0.2, -0.15) is 0 Å². The van der Waals surface area contributed by atoms with E-state index in [1.54, 1.807) is 6.07 Å². The largest absolute Gasteiger partial charge is 0.326 e. The van der Waals surface area contributed by atoms with Crippen molar-refractivity contribution in [2.24, 2.45) is 5.73 Å². The Balaban J connectivity index is 1.89. The van der Waals surface area contributed by atoms with Crippen molar-refractivity contribution >= 4 is 32.6 Å². The molecule has 0 spiro atoms. The maximum absolute atomic E-state index is 12.3. The maximum atomic E-state index is 12.3. The lowest BCUT2D eigenvalue weighted by Crippen LogP contribution is -2.15. The summed E-state index contributed by atoms with van der Waals surface area (Å²) in [5.74, 6) is -0.174. The van der Waals surface area contributed by atoms with Gasteiger partial charge in [0.2, 0.25) is 0 Å². The summed E-state index contributed by atoms with van der Waals surface area (Å²) in [4.78, 5) is 16.8. The molecular weight excluding hydrogens is 282 g/mol. The molecule has 0 aliphatic rings. The van der Waals surface area contributed by atoms with Crippen molar-refractivity contribution in [1.29, 1.82) is 0 Å². The van der Waals surface area contributed by atoms with E-state index in [0.29, 0.717) is 17.2 Å². The summed E-state index contributed by atoms with van der Waals surface area (Å²) in [7, 11) is 0. The first-order valence-corrected chi connectivity index (χ1v) is 7.45. The Morgan fingerprint density at radius 1 is 1.29 bits per heavy atom. The Morgan fingerprint density at radius 3 is 2.90 bits per heavy atom.